The smallest absolute Gasteiger partial charge is 0.319 e. The molecule has 1 heterocycles. The summed E-state index contributed by atoms with van der Waals surface area (Å²) < 4.78 is 4.53. The Morgan fingerprint density at radius 2 is 2.46 bits per heavy atom. The molecule has 1 saturated heterocycles. The van der Waals surface area contributed by atoms with E-state index in [0.717, 1.165) is 6.54 Å². The molecule has 0 bridgehead atoms. The lowest BCUT2D eigenvalue weighted by Crippen LogP contribution is -2.31. The number of carbonyl (C=O) groups excluding carboxylic acids is 1. The summed E-state index contributed by atoms with van der Waals surface area (Å²) in [7, 11) is 1.42. The summed E-state index contributed by atoms with van der Waals surface area (Å²) >= 11 is 2.01. The highest BCUT2D eigenvalue weighted by Gasteiger charge is 2.13. The summed E-state index contributed by atoms with van der Waals surface area (Å²) in [4.78, 5) is 10.8. The number of hydrogen-bond acceptors (Lipinski definition) is 4. The Morgan fingerprint density at radius 3 is 3.08 bits per heavy atom. The van der Waals surface area contributed by atoms with Crippen LogP contribution in [0.15, 0.2) is 0 Å². The molecule has 1 atom stereocenters. The first-order chi connectivity index (χ1) is 6.33. The molecule has 0 spiro atoms. The van der Waals surface area contributed by atoms with Gasteiger partial charge in [-0.25, -0.2) is 0 Å². The van der Waals surface area contributed by atoms with Crippen molar-refractivity contribution in [3.05, 3.63) is 0 Å². The van der Waals surface area contributed by atoms with Gasteiger partial charge in [0.25, 0.3) is 0 Å². The summed E-state index contributed by atoms with van der Waals surface area (Å²) in [5.41, 5.74) is 0. The Hall–Kier alpha value is -0.220. The standard InChI is InChI=1S/C9H17NO2S/c1-12-9(11)7-10-6-8-4-2-3-5-13-8/h8,10H,2-7H2,1H3. The van der Waals surface area contributed by atoms with Crippen molar-refractivity contribution >= 4 is 17.7 Å². The monoisotopic (exact) mass is 203 g/mol. The van der Waals surface area contributed by atoms with Gasteiger partial charge >= 0.3 is 5.97 Å². The number of hydrogen-bond donors (Lipinski definition) is 1. The van der Waals surface area contributed by atoms with Gasteiger partial charge in [0, 0.05) is 11.8 Å². The van der Waals surface area contributed by atoms with Gasteiger partial charge in [-0.05, 0) is 18.6 Å². The first kappa shape index (κ1) is 10.9. The van der Waals surface area contributed by atoms with E-state index >= 15 is 0 Å². The lowest BCUT2D eigenvalue weighted by atomic mass is 10.2. The van der Waals surface area contributed by atoms with Crippen LogP contribution < -0.4 is 5.32 Å². The van der Waals surface area contributed by atoms with Gasteiger partial charge in [-0.1, -0.05) is 6.42 Å². The van der Waals surface area contributed by atoms with E-state index in [4.69, 9.17) is 0 Å². The molecule has 0 saturated carbocycles. The summed E-state index contributed by atoms with van der Waals surface area (Å²) in [6, 6.07) is 0. The minimum Gasteiger partial charge on any atom is -0.468 e. The minimum atomic E-state index is -0.180. The summed E-state index contributed by atoms with van der Waals surface area (Å²) in [6.45, 7) is 1.27. The first-order valence-electron chi connectivity index (χ1n) is 4.72. The van der Waals surface area contributed by atoms with Crippen LogP contribution in [0.1, 0.15) is 19.3 Å². The Kier molecular flexibility index (Phi) is 5.23. The summed E-state index contributed by atoms with van der Waals surface area (Å²) in [6.07, 6.45) is 3.95. The molecule has 1 fully saturated rings. The van der Waals surface area contributed by atoms with Crippen LogP contribution in [0.5, 0.6) is 0 Å². The van der Waals surface area contributed by atoms with Gasteiger partial charge in [-0.2, -0.15) is 11.8 Å². The van der Waals surface area contributed by atoms with Crippen LogP contribution in [0, 0.1) is 0 Å². The van der Waals surface area contributed by atoms with E-state index in [1.54, 1.807) is 0 Å². The number of nitrogens with one attached hydrogen (secondary N) is 1. The Morgan fingerprint density at radius 1 is 1.62 bits per heavy atom. The van der Waals surface area contributed by atoms with Crippen molar-refractivity contribution in [2.75, 3.05) is 26.0 Å². The van der Waals surface area contributed by atoms with Gasteiger partial charge in [-0.3, -0.25) is 4.79 Å². The molecule has 1 aliphatic heterocycles. The average molecular weight is 203 g/mol. The van der Waals surface area contributed by atoms with Crippen LogP contribution in [-0.2, 0) is 9.53 Å². The lowest BCUT2D eigenvalue weighted by Gasteiger charge is -2.21. The Bertz CT molecular complexity index is 158. The van der Waals surface area contributed by atoms with Crippen molar-refractivity contribution in [2.45, 2.75) is 24.5 Å². The van der Waals surface area contributed by atoms with E-state index in [1.165, 1.54) is 32.1 Å². The third kappa shape index (κ3) is 4.52. The Balaban J connectivity index is 2.01. The predicted molar refractivity (Wildman–Crippen MR) is 55.0 cm³/mol. The van der Waals surface area contributed by atoms with Gasteiger partial charge < -0.3 is 10.1 Å². The largest absolute Gasteiger partial charge is 0.468 e. The van der Waals surface area contributed by atoms with Crippen LogP contribution in [0.2, 0.25) is 0 Å². The third-order valence-electron chi connectivity index (χ3n) is 2.14. The molecule has 1 N–H and O–H groups in total. The molecule has 0 radical (unpaired) electrons. The summed E-state index contributed by atoms with van der Waals surface area (Å²) in [5, 5.41) is 3.80. The number of thioether (sulfide) groups is 1. The van der Waals surface area contributed by atoms with Gasteiger partial charge in [-0.15, -0.1) is 0 Å². The van der Waals surface area contributed by atoms with Crippen molar-refractivity contribution in [3.63, 3.8) is 0 Å². The van der Waals surface area contributed by atoms with Crippen molar-refractivity contribution in [3.8, 4) is 0 Å². The predicted octanol–water partition coefficient (Wildman–Crippen LogP) is 1.03. The van der Waals surface area contributed by atoms with Crippen LogP contribution >= 0.6 is 11.8 Å². The fourth-order valence-electron chi connectivity index (χ4n) is 1.38. The van der Waals surface area contributed by atoms with E-state index in [-0.39, 0.29) is 5.97 Å². The van der Waals surface area contributed by atoms with E-state index in [2.05, 4.69) is 10.1 Å². The Labute approximate surface area is 83.6 Å². The molecule has 4 heteroatoms. The molecule has 0 aromatic rings. The second kappa shape index (κ2) is 6.27. The molecule has 0 aromatic carbocycles. The molecule has 76 valence electrons. The molecule has 13 heavy (non-hydrogen) atoms. The van der Waals surface area contributed by atoms with Crippen molar-refractivity contribution in [1.29, 1.82) is 0 Å². The summed E-state index contributed by atoms with van der Waals surface area (Å²) in [5.74, 6) is 1.09. The van der Waals surface area contributed by atoms with Crippen LogP contribution in [0.25, 0.3) is 0 Å². The van der Waals surface area contributed by atoms with Crippen LogP contribution in [0.4, 0.5) is 0 Å². The van der Waals surface area contributed by atoms with Crippen molar-refractivity contribution < 1.29 is 9.53 Å². The molecule has 0 aliphatic carbocycles. The maximum Gasteiger partial charge on any atom is 0.319 e. The third-order valence-corrected chi connectivity index (χ3v) is 3.54. The molecule has 3 nitrogen and oxygen atoms in total. The molecule has 0 aromatic heterocycles. The minimum absolute atomic E-state index is 0.180. The van der Waals surface area contributed by atoms with Gasteiger partial charge in [0.1, 0.15) is 0 Å². The molecular formula is C9H17NO2S. The van der Waals surface area contributed by atoms with E-state index in [9.17, 15) is 4.79 Å². The number of esters is 1. The molecule has 1 aliphatic rings. The van der Waals surface area contributed by atoms with E-state index in [0.29, 0.717) is 11.8 Å². The normalized spacial score (nSPS) is 22.7. The van der Waals surface area contributed by atoms with E-state index < -0.39 is 0 Å². The van der Waals surface area contributed by atoms with Gasteiger partial charge in [0.2, 0.25) is 0 Å². The second-order valence-electron chi connectivity index (χ2n) is 3.20. The van der Waals surface area contributed by atoms with Crippen LogP contribution in [-0.4, -0.2) is 37.2 Å². The second-order valence-corrected chi connectivity index (χ2v) is 4.60. The zero-order valence-corrected chi connectivity index (χ0v) is 8.86. The zero-order chi connectivity index (χ0) is 9.52. The first-order valence-corrected chi connectivity index (χ1v) is 5.77. The lowest BCUT2D eigenvalue weighted by molar-refractivity contribution is -0.139. The van der Waals surface area contributed by atoms with Crippen molar-refractivity contribution in [1.82, 2.24) is 5.32 Å². The maximum atomic E-state index is 10.8. The molecule has 1 unspecified atom stereocenters. The number of rotatable bonds is 4. The SMILES string of the molecule is COC(=O)CNCC1CCCCS1. The average Bonchev–Trinajstić information content (AvgIpc) is 2.19. The highest BCUT2D eigenvalue weighted by atomic mass is 32.2. The zero-order valence-electron chi connectivity index (χ0n) is 8.04. The number of carbonyl (C=O) groups is 1. The topological polar surface area (TPSA) is 38.3 Å². The van der Waals surface area contributed by atoms with E-state index in [1.807, 2.05) is 11.8 Å². The molecule has 0 amide bonds. The van der Waals surface area contributed by atoms with Gasteiger partial charge in [0.05, 0.1) is 13.7 Å². The van der Waals surface area contributed by atoms with Crippen molar-refractivity contribution in [2.24, 2.45) is 0 Å². The fourth-order valence-corrected chi connectivity index (χ4v) is 2.65. The highest BCUT2D eigenvalue weighted by Crippen LogP contribution is 2.23. The fraction of sp³-hybridized carbons (Fsp3) is 0.889. The molecular weight excluding hydrogens is 186 g/mol. The number of ether oxygens (including phenoxy) is 1. The van der Waals surface area contributed by atoms with Gasteiger partial charge in [0.15, 0.2) is 0 Å². The highest BCUT2D eigenvalue weighted by molar-refractivity contribution is 7.99. The maximum absolute atomic E-state index is 10.8. The van der Waals surface area contributed by atoms with Crippen LogP contribution in [0.3, 0.4) is 0 Å². The quantitative estimate of drug-likeness (QED) is 0.693. The molecule has 1 rings (SSSR count). The number of methoxy groups -OCH3 is 1.